The summed E-state index contributed by atoms with van der Waals surface area (Å²) in [5.74, 6) is -0.0862. The minimum absolute atomic E-state index is 0.152. The number of aliphatic hydroxyl groups is 1. The van der Waals surface area contributed by atoms with Crippen LogP contribution in [0.5, 0.6) is 0 Å². The number of hydrogen-bond donors (Lipinski definition) is 3. The average Bonchev–Trinajstić information content (AvgIpc) is 2.45. The summed E-state index contributed by atoms with van der Waals surface area (Å²) in [6.45, 7) is 0.718. The Morgan fingerprint density at radius 1 is 1.29 bits per heavy atom. The van der Waals surface area contributed by atoms with E-state index < -0.39 is 15.8 Å². The number of primary sulfonamides is 1. The van der Waals surface area contributed by atoms with E-state index in [4.69, 9.17) is 5.14 Å². The number of halogens is 1. The fourth-order valence-corrected chi connectivity index (χ4v) is 3.38. The van der Waals surface area contributed by atoms with Gasteiger partial charge in [-0.25, -0.2) is 17.9 Å². The van der Waals surface area contributed by atoms with E-state index in [1.165, 1.54) is 12.1 Å². The zero-order chi connectivity index (χ0) is 15.5. The molecular weight excluding hydrogens is 295 g/mol. The summed E-state index contributed by atoms with van der Waals surface area (Å²) in [6.07, 6.45) is 4.25. The van der Waals surface area contributed by atoms with Gasteiger partial charge in [0, 0.05) is 13.2 Å². The Kier molecular flexibility index (Phi) is 5.18. The SMILES string of the molecule is NS(=O)(=O)c1ccc(NCC2CCCCC2CO)c(F)c1. The van der Waals surface area contributed by atoms with Gasteiger partial charge in [-0.05, 0) is 42.9 Å². The second-order valence-electron chi connectivity index (χ2n) is 5.55. The Labute approximate surface area is 124 Å². The summed E-state index contributed by atoms with van der Waals surface area (Å²) in [7, 11) is -3.89. The first-order chi connectivity index (χ1) is 9.91. The molecule has 118 valence electrons. The lowest BCUT2D eigenvalue weighted by Crippen LogP contribution is -2.28. The molecule has 1 aromatic carbocycles. The van der Waals surface area contributed by atoms with Crippen molar-refractivity contribution in [3.05, 3.63) is 24.0 Å². The summed E-state index contributed by atoms with van der Waals surface area (Å²) in [5.41, 5.74) is 0.254. The van der Waals surface area contributed by atoms with Crippen molar-refractivity contribution in [3.8, 4) is 0 Å². The van der Waals surface area contributed by atoms with Crippen LogP contribution in [0.1, 0.15) is 25.7 Å². The lowest BCUT2D eigenvalue weighted by Gasteiger charge is -2.30. The van der Waals surface area contributed by atoms with Crippen molar-refractivity contribution >= 4 is 15.7 Å². The summed E-state index contributed by atoms with van der Waals surface area (Å²) in [4.78, 5) is -0.239. The predicted octanol–water partition coefficient (Wildman–Crippen LogP) is 1.68. The Bertz CT molecular complexity index is 592. The van der Waals surface area contributed by atoms with Gasteiger partial charge in [0.1, 0.15) is 5.82 Å². The van der Waals surface area contributed by atoms with Crippen molar-refractivity contribution in [1.82, 2.24) is 0 Å². The van der Waals surface area contributed by atoms with Crippen LogP contribution in [0.2, 0.25) is 0 Å². The standard InChI is InChI=1S/C14H21FN2O3S/c15-13-7-12(21(16,19)20)5-6-14(13)17-8-10-3-1-2-4-11(10)9-18/h5-7,10-11,17-18H,1-4,8-9H2,(H2,16,19,20). The molecule has 2 rings (SSSR count). The zero-order valence-corrected chi connectivity index (χ0v) is 12.6. The van der Waals surface area contributed by atoms with Crippen LogP contribution >= 0.6 is 0 Å². The molecule has 21 heavy (non-hydrogen) atoms. The van der Waals surface area contributed by atoms with Gasteiger partial charge in [0.05, 0.1) is 10.6 Å². The van der Waals surface area contributed by atoms with E-state index in [2.05, 4.69) is 5.32 Å². The summed E-state index contributed by atoms with van der Waals surface area (Å²) < 4.78 is 36.2. The summed E-state index contributed by atoms with van der Waals surface area (Å²) in [6, 6.07) is 3.58. The molecule has 2 unspecified atom stereocenters. The van der Waals surface area contributed by atoms with Gasteiger partial charge in [0.2, 0.25) is 10.0 Å². The third-order valence-electron chi connectivity index (χ3n) is 4.12. The van der Waals surface area contributed by atoms with Crippen LogP contribution in [-0.2, 0) is 10.0 Å². The molecule has 0 aromatic heterocycles. The van der Waals surface area contributed by atoms with E-state index in [1.54, 1.807) is 0 Å². The minimum Gasteiger partial charge on any atom is -0.396 e. The Balaban J connectivity index is 2.03. The number of sulfonamides is 1. The van der Waals surface area contributed by atoms with Crippen molar-refractivity contribution < 1.29 is 17.9 Å². The highest BCUT2D eigenvalue weighted by Crippen LogP contribution is 2.30. The number of anilines is 1. The molecule has 4 N–H and O–H groups in total. The molecular formula is C14H21FN2O3S. The molecule has 0 spiro atoms. The zero-order valence-electron chi connectivity index (χ0n) is 11.8. The molecule has 5 nitrogen and oxygen atoms in total. The van der Waals surface area contributed by atoms with Gasteiger partial charge >= 0.3 is 0 Å². The number of hydrogen-bond acceptors (Lipinski definition) is 4. The van der Waals surface area contributed by atoms with Crippen LogP contribution in [0.3, 0.4) is 0 Å². The van der Waals surface area contributed by atoms with Gasteiger partial charge in [0.25, 0.3) is 0 Å². The van der Waals surface area contributed by atoms with Crippen LogP contribution in [0.25, 0.3) is 0 Å². The molecule has 1 fully saturated rings. The van der Waals surface area contributed by atoms with Crippen LogP contribution in [0.4, 0.5) is 10.1 Å². The largest absolute Gasteiger partial charge is 0.396 e. The van der Waals surface area contributed by atoms with E-state index in [9.17, 15) is 17.9 Å². The Morgan fingerprint density at radius 2 is 1.95 bits per heavy atom. The lowest BCUT2D eigenvalue weighted by molar-refractivity contribution is 0.141. The van der Waals surface area contributed by atoms with Crippen molar-refractivity contribution in [2.45, 2.75) is 30.6 Å². The van der Waals surface area contributed by atoms with Gasteiger partial charge in [0.15, 0.2) is 0 Å². The number of aliphatic hydroxyl groups excluding tert-OH is 1. The van der Waals surface area contributed by atoms with Crippen molar-refractivity contribution in [1.29, 1.82) is 0 Å². The second-order valence-corrected chi connectivity index (χ2v) is 7.12. The predicted molar refractivity (Wildman–Crippen MR) is 78.8 cm³/mol. The molecule has 0 heterocycles. The van der Waals surface area contributed by atoms with E-state index in [0.717, 1.165) is 31.7 Å². The topological polar surface area (TPSA) is 92.4 Å². The molecule has 7 heteroatoms. The normalized spacial score (nSPS) is 23.0. The molecule has 0 amide bonds. The quantitative estimate of drug-likeness (QED) is 0.770. The van der Waals surface area contributed by atoms with Crippen LogP contribution < -0.4 is 10.5 Å². The van der Waals surface area contributed by atoms with E-state index in [0.29, 0.717) is 12.5 Å². The monoisotopic (exact) mass is 316 g/mol. The van der Waals surface area contributed by atoms with Gasteiger partial charge < -0.3 is 10.4 Å². The lowest BCUT2D eigenvalue weighted by atomic mass is 9.79. The summed E-state index contributed by atoms with van der Waals surface area (Å²) >= 11 is 0. The Hall–Kier alpha value is -1.18. The van der Waals surface area contributed by atoms with Gasteiger partial charge in [-0.1, -0.05) is 12.8 Å². The van der Waals surface area contributed by atoms with Crippen molar-refractivity contribution in [3.63, 3.8) is 0 Å². The number of rotatable bonds is 5. The molecule has 0 aliphatic heterocycles. The molecule has 0 bridgehead atoms. The van der Waals surface area contributed by atoms with E-state index >= 15 is 0 Å². The number of benzene rings is 1. The maximum Gasteiger partial charge on any atom is 0.238 e. The van der Waals surface area contributed by atoms with E-state index in [-0.39, 0.29) is 23.1 Å². The van der Waals surface area contributed by atoms with Gasteiger partial charge in [-0.3, -0.25) is 0 Å². The van der Waals surface area contributed by atoms with Crippen molar-refractivity contribution in [2.24, 2.45) is 17.0 Å². The molecule has 0 saturated heterocycles. The first-order valence-corrected chi connectivity index (χ1v) is 8.63. The summed E-state index contributed by atoms with van der Waals surface area (Å²) in [5, 5.41) is 17.3. The molecule has 1 aliphatic carbocycles. The van der Waals surface area contributed by atoms with E-state index in [1.807, 2.05) is 0 Å². The second kappa shape index (κ2) is 6.72. The average molecular weight is 316 g/mol. The highest BCUT2D eigenvalue weighted by molar-refractivity contribution is 7.89. The molecule has 1 saturated carbocycles. The first kappa shape index (κ1) is 16.2. The molecule has 1 aliphatic rings. The highest BCUT2D eigenvalue weighted by Gasteiger charge is 2.24. The third-order valence-corrected chi connectivity index (χ3v) is 5.04. The van der Waals surface area contributed by atoms with Crippen LogP contribution in [-0.4, -0.2) is 26.7 Å². The van der Waals surface area contributed by atoms with Gasteiger partial charge in [-0.15, -0.1) is 0 Å². The maximum absolute atomic E-state index is 13.9. The van der Waals surface area contributed by atoms with Crippen molar-refractivity contribution in [2.75, 3.05) is 18.5 Å². The van der Waals surface area contributed by atoms with Gasteiger partial charge in [-0.2, -0.15) is 0 Å². The fourth-order valence-electron chi connectivity index (χ4n) is 2.85. The molecule has 2 atom stereocenters. The third kappa shape index (κ3) is 4.15. The number of nitrogens with two attached hydrogens (primary N) is 1. The first-order valence-electron chi connectivity index (χ1n) is 7.09. The fraction of sp³-hybridized carbons (Fsp3) is 0.571. The molecule has 1 aromatic rings. The minimum atomic E-state index is -3.89. The maximum atomic E-state index is 13.9. The number of nitrogens with one attached hydrogen (secondary N) is 1. The highest BCUT2D eigenvalue weighted by atomic mass is 32.2. The van der Waals surface area contributed by atoms with Crippen LogP contribution in [0.15, 0.2) is 23.1 Å². The van der Waals surface area contributed by atoms with Crippen LogP contribution in [0, 0.1) is 17.7 Å². The Morgan fingerprint density at radius 3 is 2.52 bits per heavy atom. The molecule has 0 radical (unpaired) electrons. The smallest absolute Gasteiger partial charge is 0.238 e.